The highest BCUT2D eigenvalue weighted by Gasteiger charge is 2.14. The van der Waals surface area contributed by atoms with Crippen LogP contribution in [-0.2, 0) is 9.53 Å². The Labute approximate surface area is 93.7 Å². The Hall–Kier alpha value is -0.940. The molecule has 2 unspecified atom stereocenters. The van der Waals surface area contributed by atoms with Crippen LogP contribution in [-0.4, -0.2) is 30.6 Å². The lowest BCUT2D eigenvalue weighted by atomic mass is 10.2. The molecule has 0 spiro atoms. The van der Waals surface area contributed by atoms with Gasteiger partial charge in [-0.3, -0.25) is 4.79 Å². The predicted octanol–water partition coefficient (Wildman–Crippen LogP) is 1.40. The van der Waals surface area contributed by atoms with Gasteiger partial charge in [-0.25, -0.2) is 4.98 Å². The summed E-state index contributed by atoms with van der Waals surface area (Å²) in [6.07, 6.45) is 1.38. The van der Waals surface area contributed by atoms with E-state index in [4.69, 9.17) is 4.74 Å². The van der Waals surface area contributed by atoms with Gasteiger partial charge in [-0.1, -0.05) is 6.92 Å². The lowest BCUT2D eigenvalue weighted by Gasteiger charge is -2.13. The Morgan fingerprint density at radius 2 is 2.40 bits per heavy atom. The Balaban J connectivity index is 2.34. The zero-order chi connectivity index (χ0) is 11.3. The molecule has 0 aromatic carbocycles. The maximum atomic E-state index is 11.4. The molecule has 5 heteroatoms. The van der Waals surface area contributed by atoms with E-state index < -0.39 is 6.10 Å². The molecule has 0 aliphatic carbocycles. The van der Waals surface area contributed by atoms with Crippen LogP contribution in [0.2, 0.25) is 0 Å². The molecule has 84 valence electrons. The normalized spacial score (nSPS) is 14.6. The minimum absolute atomic E-state index is 0.0825. The van der Waals surface area contributed by atoms with Gasteiger partial charge in [0.15, 0.2) is 0 Å². The number of methoxy groups -OCH3 is 1. The SMILES string of the molecule is COC(C)C(=O)NCC(C)c1nccs1. The molecule has 1 aromatic heterocycles. The van der Waals surface area contributed by atoms with Crippen LogP contribution >= 0.6 is 11.3 Å². The summed E-state index contributed by atoms with van der Waals surface area (Å²) in [5, 5.41) is 5.80. The van der Waals surface area contributed by atoms with Crippen LogP contribution in [0.15, 0.2) is 11.6 Å². The van der Waals surface area contributed by atoms with Crippen molar-refractivity contribution >= 4 is 17.2 Å². The number of nitrogens with zero attached hydrogens (tertiary/aromatic N) is 1. The van der Waals surface area contributed by atoms with Crippen molar-refractivity contribution < 1.29 is 9.53 Å². The highest BCUT2D eigenvalue weighted by atomic mass is 32.1. The van der Waals surface area contributed by atoms with Gasteiger partial charge in [0.05, 0.1) is 5.01 Å². The minimum atomic E-state index is -0.395. The number of ether oxygens (including phenoxy) is 1. The fourth-order valence-electron chi connectivity index (χ4n) is 1.07. The Kier molecular flexibility index (Phi) is 4.71. The number of carbonyl (C=O) groups is 1. The predicted molar refractivity (Wildman–Crippen MR) is 60.0 cm³/mol. The lowest BCUT2D eigenvalue weighted by Crippen LogP contribution is -2.35. The smallest absolute Gasteiger partial charge is 0.248 e. The number of amides is 1. The number of hydrogen-bond donors (Lipinski definition) is 1. The number of carbonyl (C=O) groups excluding carboxylic acids is 1. The number of nitrogens with one attached hydrogen (secondary N) is 1. The van der Waals surface area contributed by atoms with Gasteiger partial charge in [0, 0.05) is 31.1 Å². The molecule has 0 saturated heterocycles. The first-order valence-corrected chi connectivity index (χ1v) is 5.73. The zero-order valence-electron chi connectivity index (χ0n) is 9.19. The summed E-state index contributed by atoms with van der Waals surface area (Å²) in [5.41, 5.74) is 0. The van der Waals surface area contributed by atoms with Crippen LogP contribution in [0.4, 0.5) is 0 Å². The van der Waals surface area contributed by atoms with Crippen LogP contribution in [0, 0.1) is 0 Å². The van der Waals surface area contributed by atoms with E-state index in [0.717, 1.165) is 5.01 Å². The third kappa shape index (κ3) is 3.60. The van der Waals surface area contributed by atoms with E-state index in [1.807, 2.05) is 12.3 Å². The third-order valence-corrected chi connectivity index (χ3v) is 3.19. The van der Waals surface area contributed by atoms with Crippen molar-refractivity contribution in [2.24, 2.45) is 0 Å². The van der Waals surface area contributed by atoms with Gasteiger partial charge in [-0.2, -0.15) is 0 Å². The van der Waals surface area contributed by atoms with Gasteiger partial charge < -0.3 is 10.1 Å². The van der Waals surface area contributed by atoms with Gasteiger partial charge in [-0.15, -0.1) is 11.3 Å². The van der Waals surface area contributed by atoms with Crippen molar-refractivity contribution in [1.82, 2.24) is 10.3 Å². The van der Waals surface area contributed by atoms with E-state index in [2.05, 4.69) is 10.3 Å². The molecular weight excluding hydrogens is 212 g/mol. The van der Waals surface area contributed by atoms with Crippen LogP contribution in [0.1, 0.15) is 24.8 Å². The minimum Gasteiger partial charge on any atom is -0.372 e. The van der Waals surface area contributed by atoms with E-state index in [0.29, 0.717) is 6.54 Å². The van der Waals surface area contributed by atoms with Gasteiger partial charge in [0.2, 0.25) is 5.91 Å². The molecule has 0 aliphatic rings. The number of rotatable bonds is 5. The maximum Gasteiger partial charge on any atom is 0.248 e. The van der Waals surface area contributed by atoms with Crippen LogP contribution < -0.4 is 5.32 Å². The fourth-order valence-corrected chi connectivity index (χ4v) is 1.77. The first-order valence-electron chi connectivity index (χ1n) is 4.85. The molecule has 0 radical (unpaired) electrons. The summed E-state index contributed by atoms with van der Waals surface area (Å²) in [7, 11) is 1.52. The fraction of sp³-hybridized carbons (Fsp3) is 0.600. The average molecular weight is 228 g/mol. The van der Waals surface area contributed by atoms with E-state index in [1.54, 1.807) is 24.5 Å². The Bertz CT molecular complexity index is 300. The van der Waals surface area contributed by atoms with Crippen molar-refractivity contribution in [2.75, 3.05) is 13.7 Å². The average Bonchev–Trinajstić information content (AvgIpc) is 2.77. The molecule has 0 bridgehead atoms. The van der Waals surface area contributed by atoms with Crippen molar-refractivity contribution in [1.29, 1.82) is 0 Å². The Morgan fingerprint density at radius 1 is 1.67 bits per heavy atom. The van der Waals surface area contributed by atoms with Crippen molar-refractivity contribution in [3.05, 3.63) is 16.6 Å². The maximum absolute atomic E-state index is 11.4. The molecule has 0 aliphatic heterocycles. The van der Waals surface area contributed by atoms with Gasteiger partial charge in [-0.05, 0) is 6.92 Å². The quantitative estimate of drug-likeness (QED) is 0.828. The van der Waals surface area contributed by atoms with Gasteiger partial charge in [0.25, 0.3) is 0 Å². The van der Waals surface area contributed by atoms with E-state index in [-0.39, 0.29) is 11.8 Å². The molecule has 1 heterocycles. The molecule has 2 atom stereocenters. The number of hydrogen-bond acceptors (Lipinski definition) is 4. The van der Waals surface area contributed by atoms with Gasteiger partial charge in [0.1, 0.15) is 6.10 Å². The first kappa shape index (κ1) is 12.1. The van der Waals surface area contributed by atoms with Crippen LogP contribution in [0.3, 0.4) is 0 Å². The molecule has 0 fully saturated rings. The van der Waals surface area contributed by atoms with Crippen LogP contribution in [0.5, 0.6) is 0 Å². The lowest BCUT2D eigenvalue weighted by molar-refractivity contribution is -0.130. The molecule has 1 amide bonds. The van der Waals surface area contributed by atoms with E-state index in [1.165, 1.54) is 7.11 Å². The largest absolute Gasteiger partial charge is 0.372 e. The second kappa shape index (κ2) is 5.82. The summed E-state index contributed by atoms with van der Waals surface area (Å²) in [6, 6.07) is 0. The number of aromatic nitrogens is 1. The summed E-state index contributed by atoms with van der Waals surface area (Å²) in [4.78, 5) is 15.6. The molecule has 1 rings (SSSR count). The summed E-state index contributed by atoms with van der Waals surface area (Å²) < 4.78 is 4.91. The van der Waals surface area contributed by atoms with Crippen LogP contribution in [0.25, 0.3) is 0 Å². The molecule has 15 heavy (non-hydrogen) atoms. The molecular formula is C10H16N2O2S. The van der Waals surface area contributed by atoms with Crippen molar-refractivity contribution in [3.8, 4) is 0 Å². The standard InChI is InChI=1S/C10H16N2O2S/c1-7(10-11-4-5-15-10)6-12-9(13)8(2)14-3/h4-5,7-8H,6H2,1-3H3,(H,12,13). The summed E-state index contributed by atoms with van der Waals surface area (Å²) in [6.45, 7) is 4.36. The number of thiazole rings is 1. The highest BCUT2D eigenvalue weighted by Crippen LogP contribution is 2.16. The first-order chi connectivity index (χ1) is 7.15. The molecule has 1 N–H and O–H groups in total. The van der Waals surface area contributed by atoms with E-state index in [9.17, 15) is 4.79 Å². The summed E-state index contributed by atoms with van der Waals surface area (Å²) in [5.74, 6) is 0.166. The molecule has 1 aromatic rings. The van der Waals surface area contributed by atoms with Crippen molar-refractivity contribution in [3.63, 3.8) is 0 Å². The summed E-state index contributed by atoms with van der Waals surface area (Å²) >= 11 is 1.60. The Morgan fingerprint density at radius 3 is 2.93 bits per heavy atom. The monoisotopic (exact) mass is 228 g/mol. The molecule has 4 nitrogen and oxygen atoms in total. The molecule has 0 saturated carbocycles. The van der Waals surface area contributed by atoms with Crippen molar-refractivity contribution in [2.45, 2.75) is 25.9 Å². The second-order valence-corrected chi connectivity index (χ2v) is 4.32. The second-order valence-electron chi connectivity index (χ2n) is 3.39. The third-order valence-electron chi connectivity index (χ3n) is 2.18. The zero-order valence-corrected chi connectivity index (χ0v) is 10.0. The van der Waals surface area contributed by atoms with Gasteiger partial charge >= 0.3 is 0 Å². The highest BCUT2D eigenvalue weighted by molar-refractivity contribution is 7.09. The topological polar surface area (TPSA) is 51.2 Å². The van der Waals surface area contributed by atoms with E-state index >= 15 is 0 Å².